The summed E-state index contributed by atoms with van der Waals surface area (Å²) >= 11 is 0. The molecular weight excluding hydrogens is 354 g/mol. The fraction of sp³-hybridized carbons (Fsp3) is 0.304. The number of carbonyl (C=O) groups excluding carboxylic acids is 1. The predicted molar refractivity (Wildman–Crippen MR) is 111 cm³/mol. The fourth-order valence-corrected chi connectivity index (χ4v) is 2.94. The number of hydrogen-bond donors (Lipinski definition) is 1. The van der Waals surface area contributed by atoms with Gasteiger partial charge < -0.3 is 14.5 Å². The number of amides is 1. The molecule has 1 N–H and O–H groups in total. The van der Waals surface area contributed by atoms with Gasteiger partial charge in [-0.3, -0.25) is 4.79 Å². The summed E-state index contributed by atoms with van der Waals surface area (Å²) in [6, 6.07) is 14.7. The van der Waals surface area contributed by atoms with Gasteiger partial charge in [0.2, 0.25) is 5.91 Å². The van der Waals surface area contributed by atoms with E-state index in [9.17, 15) is 9.59 Å². The Balaban J connectivity index is 1.56. The van der Waals surface area contributed by atoms with Crippen molar-refractivity contribution in [3.63, 3.8) is 0 Å². The minimum Gasteiger partial charge on any atom is -0.493 e. The molecule has 3 aromatic rings. The zero-order valence-corrected chi connectivity index (χ0v) is 16.7. The second-order valence-electron chi connectivity index (χ2n) is 7.88. The molecule has 0 atom stereocenters. The van der Waals surface area contributed by atoms with Crippen molar-refractivity contribution in [3.8, 4) is 5.75 Å². The lowest BCUT2D eigenvalue weighted by Crippen LogP contribution is -2.15. The third kappa shape index (κ3) is 4.80. The van der Waals surface area contributed by atoms with Crippen molar-refractivity contribution in [2.75, 3.05) is 11.9 Å². The molecule has 28 heavy (non-hydrogen) atoms. The largest absolute Gasteiger partial charge is 0.493 e. The van der Waals surface area contributed by atoms with E-state index in [0.29, 0.717) is 11.3 Å². The molecule has 3 rings (SSSR count). The van der Waals surface area contributed by atoms with Crippen molar-refractivity contribution in [3.05, 3.63) is 70.1 Å². The highest BCUT2D eigenvalue weighted by molar-refractivity contribution is 5.93. The van der Waals surface area contributed by atoms with Crippen molar-refractivity contribution >= 4 is 22.6 Å². The topological polar surface area (TPSA) is 68.5 Å². The molecule has 0 fully saturated rings. The van der Waals surface area contributed by atoms with Crippen molar-refractivity contribution in [2.45, 2.75) is 39.5 Å². The molecule has 0 bridgehead atoms. The van der Waals surface area contributed by atoms with E-state index in [2.05, 4.69) is 26.1 Å². The second-order valence-corrected chi connectivity index (χ2v) is 7.88. The Labute approximate surface area is 164 Å². The van der Waals surface area contributed by atoms with Gasteiger partial charge in [-0.2, -0.15) is 0 Å². The lowest BCUT2D eigenvalue weighted by molar-refractivity contribution is -0.116. The Hall–Kier alpha value is -3.08. The maximum Gasteiger partial charge on any atom is 0.336 e. The van der Waals surface area contributed by atoms with Crippen LogP contribution < -0.4 is 15.7 Å². The first-order valence-electron chi connectivity index (χ1n) is 9.30. The maximum atomic E-state index is 12.2. The quantitative estimate of drug-likeness (QED) is 0.646. The van der Waals surface area contributed by atoms with Crippen LogP contribution in [0, 0.1) is 6.92 Å². The molecule has 0 aliphatic rings. The number of nitrogens with one attached hydrogen (secondary N) is 1. The van der Waals surface area contributed by atoms with E-state index in [4.69, 9.17) is 9.15 Å². The Morgan fingerprint density at radius 1 is 1.07 bits per heavy atom. The van der Waals surface area contributed by atoms with E-state index < -0.39 is 5.63 Å². The van der Waals surface area contributed by atoms with Crippen LogP contribution in [0.1, 0.15) is 38.3 Å². The van der Waals surface area contributed by atoms with Gasteiger partial charge in [0.25, 0.3) is 0 Å². The number of fused-ring (bicyclic) bond motifs is 1. The fourth-order valence-electron chi connectivity index (χ4n) is 2.94. The van der Waals surface area contributed by atoms with Crippen molar-refractivity contribution < 1.29 is 13.9 Å². The van der Waals surface area contributed by atoms with E-state index in [1.54, 1.807) is 12.1 Å². The molecule has 0 spiro atoms. The molecule has 0 aliphatic carbocycles. The van der Waals surface area contributed by atoms with Crippen LogP contribution in [0.4, 0.5) is 5.69 Å². The molecular formula is C23H25NO4. The maximum absolute atomic E-state index is 12.2. The van der Waals surface area contributed by atoms with Crippen LogP contribution in [0.5, 0.6) is 5.75 Å². The Kier molecular flexibility index (Phi) is 5.54. The number of benzene rings is 2. The molecule has 1 heterocycles. The van der Waals surface area contributed by atoms with Gasteiger partial charge in [0, 0.05) is 23.2 Å². The van der Waals surface area contributed by atoms with Crippen LogP contribution >= 0.6 is 0 Å². The number of ether oxygens (including phenoxy) is 1. The lowest BCUT2D eigenvalue weighted by Gasteiger charge is -2.19. The van der Waals surface area contributed by atoms with Gasteiger partial charge in [-0.05, 0) is 47.7 Å². The van der Waals surface area contributed by atoms with Gasteiger partial charge in [0.15, 0.2) is 0 Å². The number of carbonyl (C=O) groups is 1. The molecule has 2 aromatic carbocycles. The molecule has 0 saturated carbocycles. The minimum absolute atomic E-state index is 0.0932. The van der Waals surface area contributed by atoms with E-state index in [-0.39, 0.29) is 24.3 Å². The number of aryl methyl sites for hydroxylation is 1. The molecule has 5 nitrogen and oxygen atoms in total. The molecule has 0 radical (unpaired) electrons. The van der Waals surface area contributed by atoms with E-state index in [1.807, 2.05) is 37.3 Å². The summed E-state index contributed by atoms with van der Waals surface area (Å²) in [5.41, 5.74) is 2.81. The van der Waals surface area contributed by atoms with E-state index in [0.717, 1.165) is 16.7 Å². The average molecular weight is 379 g/mol. The van der Waals surface area contributed by atoms with Gasteiger partial charge in [-0.25, -0.2) is 4.79 Å². The van der Waals surface area contributed by atoms with Crippen molar-refractivity contribution in [1.29, 1.82) is 0 Å². The zero-order chi connectivity index (χ0) is 20.3. The summed E-state index contributed by atoms with van der Waals surface area (Å²) in [5.74, 6) is 0.574. The summed E-state index contributed by atoms with van der Waals surface area (Å²) in [5, 5.41) is 3.65. The van der Waals surface area contributed by atoms with Gasteiger partial charge in [0.1, 0.15) is 11.3 Å². The standard InChI is InChI=1S/C23H25NO4/c1-15-13-22(26)28-20-14-17(7-10-19(15)20)24-21(25)11-12-27-18-8-5-16(6-9-18)23(2,3)4/h5-10,13-14H,11-12H2,1-4H3,(H,24,25). The molecule has 5 heteroatoms. The van der Waals surface area contributed by atoms with Crippen LogP contribution in [-0.4, -0.2) is 12.5 Å². The monoisotopic (exact) mass is 379 g/mol. The van der Waals surface area contributed by atoms with Gasteiger partial charge >= 0.3 is 5.63 Å². The molecule has 146 valence electrons. The Bertz CT molecular complexity index is 1040. The summed E-state index contributed by atoms with van der Waals surface area (Å²) in [6.45, 7) is 8.61. The highest BCUT2D eigenvalue weighted by atomic mass is 16.5. The third-order valence-electron chi connectivity index (χ3n) is 4.55. The number of rotatable bonds is 5. The van der Waals surface area contributed by atoms with Crippen LogP contribution in [0.25, 0.3) is 11.0 Å². The molecule has 0 saturated heterocycles. The zero-order valence-electron chi connectivity index (χ0n) is 16.7. The minimum atomic E-state index is -0.403. The first-order chi connectivity index (χ1) is 13.2. The van der Waals surface area contributed by atoms with Crippen LogP contribution in [-0.2, 0) is 10.2 Å². The number of hydrogen-bond acceptors (Lipinski definition) is 4. The van der Waals surface area contributed by atoms with Gasteiger partial charge in [0.05, 0.1) is 13.0 Å². The average Bonchev–Trinajstić information content (AvgIpc) is 2.61. The summed E-state index contributed by atoms with van der Waals surface area (Å²) in [7, 11) is 0. The van der Waals surface area contributed by atoms with E-state index >= 15 is 0 Å². The molecule has 0 aliphatic heterocycles. The lowest BCUT2D eigenvalue weighted by atomic mass is 9.87. The van der Waals surface area contributed by atoms with Crippen molar-refractivity contribution in [1.82, 2.24) is 0 Å². The normalized spacial score (nSPS) is 11.4. The SMILES string of the molecule is Cc1cc(=O)oc2cc(NC(=O)CCOc3ccc(C(C)(C)C)cc3)ccc12. The van der Waals surface area contributed by atoms with Crippen LogP contribution in [0.15, 0.2) is 57.7 Å². The van der Waals surface area contributed by atoms with Gasteiger partial charge in [-0.15, -0.1) is 0 Å². The van der Waals surface area contributed by atoms with Crippen LogP contribution in [0.3, 0.4) is 0 Å². The smallest absolute Gasteiger partial charge is 0.336 e. The van der Waals surface area contributed by atoms with Gasteiger partial charge in [-0.1, -0.05) is 32.9 Å². The first kappa shape index (κ1) is 19.7. The third-order valence-corrected chi connectivity index (χ3v) is 4.55. The highest BCUT2D eigenvalue weighted by Crippen LogP contribution is 2.24. The first-order valence-corrected chi connectivity index (χ1v) is 9.30. The molecule has 0 unspecified atom stereocenters. The van der Waals surface area contributed by atoms with Crippen molar-refractivity contribution in [2.24, 2.45) is 0 Å². The van der Waals surface area contributed by atoms with E-state index in [1.165, 1.54) is 11.6 Å². The highest BCUT2D eigenvalue weighted by Gasteiger charge is 2.13. The molecule has 1 aromatic heterocycles. The number of anilines is 1. The Morgan fingerprint density at radius 3 is 2.46 bits per heavy atom. The Morgan fingerprint density at radius 2 is 1.79 bits per heavy atom. The summed E-state index contributed by atoms with van der Waals surface area (Å²) < 4.78 is 10.9. The summed E-state index contributed by atoms with van der Waals surface area (Å²) in [6.07, 6.45) is 0.219. The predicted octanol–water partition coefficient (Wildman–Crippen LogP) is 4.81. The summed E-state index contributed by atoms with van der Waals surface area (Å²) in [4.78, 5) is 23.7. The molecule has 1 amide bonds. The van der Waals surface area contributed by atoms with Crippen LogP contribution in [0.2, 0.25) is 0 Å². The second kappa shape index (κ2) is 7.89.